The van der Waals surface area contributed by atoms with Gasteiger partial charge in [0.25, 0.3) is 0 Å². The molecule has 0 heterocycles. The van der Waals surface area contributed by atoms with Gasteiger partial charge in [-0.15, -0.1) is 0 Å². The fraction of sp³-hybridized carbons (Fsp3) is 0.278. The van der Waals surface area contributed by atoms with Crippen LogP contribution >= 0.6 is 0 Å². The van der Waals surface area contributed by atoms with Crippen molar-refractivity contribution in [1.29, 1.82) is 0 Å². The van der Waals surface area contributed by atoms with Gasteiger partial charge in [-0.3, -0.25) is 15.1 Å². The molecule has 23 heavy (non-hydrogen) atoms. The first kappa shape index (κ1) is 16.7. The number of rotatable bonds is 5. The van der Waals surface area contributed by atoms with Crippen molar-refractivity contribution in [3.05, 3.63) is 63.2 Å². The highest BCUT2D eigenvalue weighted by molar-refractivity contribution is 5.88. The Balaban J connectivity index is 2.44. The van der Waals surface area contributed by atoms with Crippen molar-refractivity contribution >= 4 is 17.6 Å². The Morgan fingerprint density at radius 3 is 2.70 bits per heavy atom. The first-order valence-corrected chi connectivity index (χ1v) is 7.55. The summed E-state index contributed by atoms with van der Waals surface area (Å²) < 4.78 is 0. The molecule has 1 unspecified atom stereocenters. The molecule has 0 aliphatic rings. The molecule has 1 atom stereocenters. The highest BCUT2D eigenvalue weighted by atomic mass is 16.6. The molecular formula is C18H20N2O3. The molecule has 2 aromatic rings. The van der Waals surface area contributed by atoms with E-state index in [9.17, 15) is 15.2 Å². The van der Waals surface area contributed by atoms with E-state index in [0.717, 1.165) is 17.7 Å². The zero-order valence-electron chi connectivity index (χ0n) is 13.5. The number of benzene rings is 2. The molecule has 0 bridgehead atoms. The highest BCUT2D eigenvalue weighted by Crippen LogP contribution is 2.32. The molecule has 5 nitrogen and oxygen atoms in total. The second-order valence-electron chi connectivity index (χ2n) is 5.61. The zero-order valence-corrected chi connectivity index (χ0v) is 13.5. The lowest BCUT2D eigenvalue weighted by atomic mass is 9.97. The third-order valence-electron chi connectivity index (χ3n) is 3.88. The van der Waals surface area contributed by atoms with Crippen LogP contribution in [0.3, 0.4) is 0 Å². The number of phenols is 1. The molecule has 2 aromatic carbocycles. The molecular weight excluding hydrogens is 292 g/mol. The monoisotopic (exact) mass is 312 g/mol. The summed E-state index contributed by atoms with van der Waals surface area (Å²) in [5, 5.41) is 21.0. The molecule has 0 saturated carbocycles. The maximum atomic E-state index is 11.0. The van der Waals surface area contributed by atoms with E-state index in [1.165, 1.54) is 12.3 Å². The van der Waals surface area contributed by atoms with Gasteiger partial charge in [0.05, 0.1) is 10.6 Å². The quantitative estimate of drug-likeness (QED) is 0.486. The van der Waals surface area contributed by atoms with E-state index in [2.05, 4.69) is 18.8 Å². The Hall–Kier alpha value is -2.69. The maximum absolute atomic E-state index is 11.0. The normalized spacial score (nSPS) is 12.5. The van der Waals surface area contributed by atoms with Gasteiger partial charge in [0, 0.05) is 17.8 Å². The smallest absolute Gasteiger partial charge is 0.311 e. The van der Waals surface area contributed by atoms with Crippen LogP contribution in [0.25, 0.3) is 0 Å². The number of aromatic hydroxyl groups is 1. The van der Waals surface area contributed by atoms with Gasteiger partial charge in [-0.25, -0.2) is 0 Å². The van der Waals surface area contributed by atoms with Crippen molar-refractivity contribution < 1.29 is 10.0 Å². The van der Waals surface area contributed by atoms with Crippen LogP contribution in [0.4, 0.5) is 11.4 Å². The van der Waals surface area contributed by atoms with Crippen LogP contribution < -0.4 is 0 Å². The number of aryl methyl sites for hydroxylation is 1. The second kappa shape index (κ2) is 7.05. The van der Waals surface area contributed by atoms with Gasteiger partial charge in [-0.2, -0.15) is 0 Å². The maximum Gasteiger partial charge on any atom is 0.311 e. The van der Waals surface area contributed by atoms with Crippen molar-refractivity contribution in [2.45, 2.75) is 33.1 Å². The SMILES string of the molecule is CCC(C)c1ccccc1N=Cc1cc(C)cc([N+](=O)[O-])c1O. The number of phenolic OH excluding ortho intramolecular Hbond substituents is 1. The Labute approximate surface area is 135 Å². The molecule has 2 rings (SSSR count). The summed E-state index contributed by atoms with van der Waals surface area (Å²) in [6.45, 7) is 5.99. The van der Waals surface area contributed by atoms with Gasteiger partial charge in [0.15, 0.2) is 0 Å². The lowest BCUT2D eigenvalue weighted by molar-refractivity contribution is -0.385. The largest absolute Gasteiger partial charge is 0.502 e. The molecule has 0 aromatic heterocycles. The summed E-state index contributed by atoms with van der Waals surface area (Å²) in [6, 6.07) is 10.8. The molecule has 0 aliphatic carbocycles. The Morgan fingerprint density at radius 2 is 2.04 bits per heavy atom. The fourth-order valence-electron chi connectivity index (χ4n) is 2.41. The van der Waals surface area contributed by atoms with E-state index < -0.39 is 4.92 Å². The first-order valence-electron chi connectivity index (χ1n) is 7.55. The Morgan fingerprint density at radius 1 is 1.35 bits per heavy atom. The summed E-state index contributed by atoms with van der Waals surface area (Å²) in [6.07, 6.45) is 2.48. The van der Waals surface area contributed by atoms with E-state index in [1.807, 2.05) is 24.3 Å². The number of nitro groups is 1. The molecule has 1 N–H and O–H groups in total. The minimum absolute atomic E-state index is 0.304. The number of para-hydroxylation sites is 1. The molecule has 0 aliphatic heterocycles. The molecule has 0 amide bonds. The number of aliphatic imine (C=N–C) groups is 1. The van der Waals surface area contributed by atoms with Crippen LogP contribution in [0.2, 0.25) is 0 Å². The molecule has 0 spiro atoms. The van der Waals surface area contributed by atoms with E-state index in [4.69, 9.17) is 0 Å². The van der Waals surface area contributed by atoms with Gasteiger partial charge in [-0.05, 0) is 42.5 Å². The molecule has 5 heteroatoms. The van der Waals surface area contributed by atoms with Crippen molar-refractivity contribution in [2.75, 3.05) is 0 Å². The minimum atomic E-state index is -0.590. The predicted octanol–water partition coefficient (Wildman–Crippen LogP) is 4.87. The first-order chi connectivity index (χ1) is 10.9. The topological polar surface area (TPSA) is 75.7 Å². The van der Waals surface area contributed by atoms with E-state index in [1.54, 1.807) is 13.0 Å². The van der Waals surface area contributed by atoms with Crippen LogP contribution in [-0.4, -0.2) is 16.2 Å². The third kappa shape index (κ3) is 3.74. The van der Waals surface area contributed by atoms with Gasteiger partial charge in [-0.1, -0.05) is 32.0 Å². The van der Waals surface area contributed by atoms with E-state index in [-0.39, 0.29) is 11.4 Å². The van der Waals surface area contributed by atoms with Gasteiger partial charge in [0.1, 0.15) is 0 Å². The van der Waals surface area contributed by atoms with Crippen LogP contribution in [0.5, 0.6) is 5.75 Å². The van der Waals surface area contributed by atoms with Crippen molar-refractivity contribution in [3.63, 3.8) is 0 Å². The number of hydrogen-bond donors (Lipinski definition) is 1. The van der Waals surface area contributed by atoms with Gasteiger partial charge in [0.2, 0.25) is 5.75 Å². The van der Waals surface area contributed by atoms with Gasteiger partial charge >= 0.3 is 5.69 Å². The number of nitrogens with zero attached hydrogens (tertiary/aromatic N) is 2. The lowest BCUT2D eigenvalue weighted by Gasteiger charge is -2.11. The average Bonchev–Trinajstić information content (AvgIpc) is 2.54. The van der Waals surface area contributed by atoms with E-state index >= 15 is 0 Å². The van der Waals surface area contributed by atoms with Crippen LogP contribution in [0.15, 0.2) is 41.4 Å². The van der Waals surface area contributed by atoms with Crippen molar-refractivity contribution in [2.24, 2.45) is 4.99 Å². The summed E-state index contributed by atoms with van der Waals surface area (Å²) >= 11 is 0. The minimum Gasteiger partial charge on any atom is -0.502 e. The number of hydrogen-bond acceptors (Lipinski definition) is 4. The fourth-order valence-corrected chi connectivity index (χ4v) is 2.41. The Kier molecular flexibility index (Phi) is 5.11. The predicted molar refractivity (Wildman–Crippen MR) is 91.9 cm³/mol. The zero-order chi connectivity index (χ0) is 17.0. The van der Waals surface area contributed by atoms with Crippen molar-refractivity contribution in [1.82, 2.24) is 0 Å². The summed E-state index contributed by atoms with van der Waals surface area (Å²) in [7, 11) is 0. The Bertz CT molecular complexity index is 754. The van der Waals surface area contributed by atoms with E-state index in [0.29, 0.717) is 17.0 Å². The summed E-state index contributed by atoms with van der Waals surface area (Å²) in [5.74, 6) is 0.00848. The molecule has 0 saturated heterocycles. The lowest BCUT2D eigenvalue weighted by Crippen LogP contribution is -1.94. The third-order valence-corrected chi connectivity index (χ3v) is 3.88. The van der Waals surface area contributed by atoms with Gasteiger partial charge < -0.3 is 5.11 Å². The summed E-state index contributed by atoms with van der Waals surface area (Å²) in [5.41, 5.74) is 2.67. The number of nitro benzene ring substituents is 1. The van der Waals surface area contributed by atoms with Crippen LogP contribution in [0, 0.1) is 17.0 Å². The molecule has 0 fully saturated rings. The standard InChI is InChI=1S/C18H20N2O3/c1-4-13(3)15-7-5-6-8-16(15)19-11-14-9-12(2)10-17(18(14)21)20(22)23/h5-11,13,21H,4H2,1-3H3. The second-order valence-corrected chi connectivity index (χ2v) is 5.61. The van der Waals surface area contributed by atoms with Crippen LogP contribution in [0.1, 0.15) is 42.9 Å². The van der Waals surface area contributed by atoms with Crippen LogP contribution in [-0.2, 0) is 0 Å². The molecule has 0 radical (unpaired) electrons. The highest BCUT2D eigenvalue weighted by Gasteiger charge is 2.17. The molecule has 120 valence electrons. The summed E-state index contributed by atoms with van der Waals surface area (Å²) in [4.78, 5) is 14.8. The van der Waals surface area contributed by atoms with Crippen molar-refractivity contribution in [3.8, 4) is 5.75 Å². The average molecular weight is 312 g/mol.